The van der Waals surface area contributed by atoms with E-state index in [2.05, 4.69) is 4.72 Å². The number of sulfonamides is 1. The molecule has 0 amide bonds. The van der Waals surface area contributed by atoms with Crippen molar-refractivity contribution in [2.24, 2.45) is 5.92 Å². The second-order valence-corrected chi connectivity index (χ2v) is 7.47. The summed E-state index contributed by atoms with van der Waals surface area (Å²) in [4.78, 5) is 10.8. The Morgan fingerprint density at radius 3 is 2.61 bits per heavy atom. The minimum atomic E-state index is -3.80. The third-order valence-electron chi connectivity index (χ3n) is 4.09. The van der Waals surface area contributed by atoms with Crippen LogP contribution in [0.25, 0.3) is 0 Å². The molecule has 0 heterocycles. The number of aromatic carboxylic acids is 1. The second-order valence-electron chi connectivity index (χ2n) is 5.70. The lowest BCUT2D eigenvalue weighted by Gasteiger charge is -2.22. The molecule has 2 rings (SSSR count). The van der Waals surface area contributed by atoms with Crippen LogP contribution < -0.4 is 4.72 Å². The molecule has 128 valence electrons. The van der Waals surface area contributed by atoms with Crippen LogP contribution in [0.3, 0.4) is 0 Å². The van der Waals surface area contributed by atoms with E-state index in [1.165, 1.54) is 7.11 Å². The van der Waals surface area contributed by atoms with Crippen molar-refractivity contribution in [1.29, 1.82) is 0 Å². The maximum Gasteiger partial charge on any atom is 0.335 e. The zero-order chi connectivity index (χ0) is 17.0. The molecule has 0 aliphatic heterocycles. The van der Waals surface area contributed by atoms with Crippen molar-refractivity contribution in [1.82, 2.24) is 0 Å². The van der Waals surface area contributed by atoms with Crippen molar-refractivity contribution < 1.29 is 27.4 Å². The lowest BCUT2D eigenvalue weighted by Crippen LogP contribution is -2.32. The first-order chi connectivity index (χ1) is 10.8. The summed E-state index contributed by atoms with van der Waals surface area (Å²) >= 11 is 0. The van der Waals surface area contributed by atoms with Crippen molar-refractivity contribution >= 4 is 21.7 Å². The molecule has 23 heavy (non-hydrogen) atoms. The van der Waals surface area contributed by atoms with Gasteiger partial charge in [-0.2, -0.15) is 0 Å². The van der Waals surface area contributed by atoms with Gasteiger partial charge in [-0.25, -0.2) is 17.6 Å². The van der Waals surface area contributed by atoms with Crippen LogP contribution in [0, 0.1) is 11.7 Å². The van der Waals surface area contributed by atoms with Crippen molar-refractivity contribution in [2.45, 2.75) is 31.8 Å². The Morgan fingerprint density at radius 1 is 1.43 bits per heavy atom. The normalized spacial score (nSPS) is 17.1. The SMILES string of the molecule is COC(CS(=O)(=O)Nc1ccc(C(=O)O)cc1F)C1CCCC1. The third kappa shape index (κ3) is 4.65. The average Bonchev–Trinajstić information content (AvgIpc) is 3.00. The summed E-state index contributed by atoms with van der Waals surface area (Å²) < 4.78 is 45.7. The van der Waals surface area contributed by atoms with Crippen LogP contribution >= 0.6 is 0 Å². The van der Waals surface area contributed by atoms with E-state index in [9.17, 15) is 17.6 Å². The molecule has 1 unspecified atom stereocenters. The number of halogens is 1. The minimum absolute atomic E-state index is 0.191. The van der Waals surface area contributed by atoms with Gasteiger partial charge in [-0.1, -0.05) is 12.8 Å². The highest BCUT2D eigenvalue weighted by Gasteiger charge is 2.29. The van der Waals surface area contributed by atoms with Crippen LogP contribution in [0.4, 0.5) is 10.1 Å². The lowest BCUT2D eigenvalue weighted by atomic mass is 10.0. The number of carboxylic acids is 1. The molecule has 1 aromatic carbocycles. The average molecular weight is 345 g/mol. The van der Waals surface area contributed by atoms with E-state index < -0.39 is 27.9 Å². The van der Waals surface area contributed by atoms with Crippen LogP contribution in [0.1, 0.15) is 36.0 Å². The van der Waals surface area contributed by atoms with Crippen molar-refractivity contribution in [3.8, 4) is 0 Å². The molecule has 0 radical (unpaired) electrons. The number of carboxylic acid groups (broad SMARTS) is 1. The maximum absolute atomic E-state index is 13.8. The standard InChI is InChI=1S/C15H20FNO5S/c1-22-14(10-4-2-3-5-10)9-23(20,21)17-13-7-6-11(15(18)19)8-12(13)16/h6-8,10,14,17H,2-5,9H2,1H3,(H,18,19). The van der Waals surface area contributed by atoms with Crippen molar-refractivity contribution in [3.05, 3.63) is 29.6 Å². The lowest BCUT2D eigenvalue weighted by molar-refractivity contribution is 0.0696. The van der Waals surface area contributed by atoms with Gasteiger partial charge in [0.25, 0.3) is 0 Å². The van der Waals surface area contributed by atoms with Gasteiger partial charge in [-0.3, -0.25) is 4.72 Å². The number of nitrogens with one attached hydrogen (secondary N) is 1. The Kier molecular flexibility index (Phi) is 5.59. The topological polar surface area (TPSA) is 92.7 Å². The molecule has 1 aromatic rings. The van der Waals surface area contributed by atoms with Gasteiger partial charge in [0.2, 0.25) is 10.0 Å². The molecule has 0 saturated heterocycles. The fourth-order valence-corrected chi connectivity index (χ4v) is 4.31. The number of ether oxygens (including phenoxy) is 1. The van der Waals surface area contributed by atoms with Gasteiger partial charge in [0.1, 0.15) is 5.82 Å². The molecular formula is C15H20FNO5S. The van der Waals surface area contributed by atoms with Gasteiger partial charge in [-0.05, 0) is 37.0 Å². The van der Waals surface area contributed by atoms with Gasteiger partial charge in [0.05, 0.1) is 23.1 Å². The number of rotatable bonds is 7. The number of methoxy groups -OCH3 is 1. The molecule has 1 aliphatic carbocycles. The number of hydrogen-bond acceptors (Lipinski definition) is 4. The van der Waals surface area contributed by atoms with E-state index in [1.807, 2.05) is 0 Å². The van der Waals surface area contributed by atoms with Crippen LogP contribution in [-0.2, 0) is 14.8 Å². The predicted molar refractivity (Wildman–Crippen MR) is 83.5 cm³/mol. The van der Waals surface area contributed by atoms with Crippen LogP contribution in [-0.4, -0.2) is 38.5 Å². The number of anilines is 1. The molecule has 0 bridgehead atoms. The van der Waals surface area contributed by atoms with E-state index in [-0.39, 0.29) is 22.9 Å². The molecular weight excluding hydrogens is 325 g/mol. The van der Waals surface area contributed by atoms with Crippen LogP contribution in [0.5, 0.6) is 0 Å². The molecule has 1 fully saturated rings. The third-order valence-corrected chi connectivity index (χ3v) is 5.39. The highest BCUT2D eigenvalue weighted by Crippen LogP contribution is 2.30. The monoisotopic (exact) mass is 345 g/mol. The summed E-state index contributed by atoms with van der Waals surface area (Å²) in [5.41, 5.74) is -0.512. The fourth-order valence-electron chi connectivity index (χ4n) is 2.88. The summed E-state index contributed by atoms with van der Waals surface area (Å²) in [6.45, 7) is 0. The fraction of sp³-hybridized carbons (Fsp3) is 0.533. The molecule has 0 spiro atoms. The van der Waals surface area contributed by atoms with Gasteiger partial charge < -0.3 is 9.84 Å². The molecule has 1 aliphatic rings. The Hall–Kier alpha value is -1.67. The Bertz CT molecular complexity index is 670. The largest absolute Gasteiger partial charge is 0.478 e. The van der Waals surface area contributed by atoms with E-state index in [0.717, 1.165) is 43.9 Å². The Labute approximate surface area is 134 Å². The first kappa shape index (κ1) is 17.7. The van der Waals surface area contributed by atoms with Gasteiger partial charge in [0.15, 0.2) is 0 Å². The number of carbonyl (C=O) groups is 1. The highest BCUT2D eigenvalue weighted by molar-refractivity contribution is 7.92. The molecule has 6 nitrogen and oxygen atoms in total. The first-order valence-electron chi connectivity index (χ1n) is 7.38. The first-order valence-corrected chi connectivity index (χ1v) is 9.04. The molecule has 1 atom stereocenters. The zero-order valence-electron chi connectivity index (χ0n) is 12.8. The summed E-state index contributed by atoms with van der Waals surface area (Å²) in [5.74, 6) is -2.27. The quantitative estimate of drug-likeness (QED) is 0.792. The summed E-state index contributed by atoms with van der Waals surface area (Å²) in [6.07, 6.45) is 3.54. The van der Waals surface area contributed by atoms with E-state index in [0.29, 0.717) is 0 Å². The second kappa shape index (κ2) is 7.27. The summed E-state index contributed by atoms with van der Waals surface area (Å²) in [5, 5.41) is 8.78. The van der Waals surface area contributed by atoms with Crippen molar-refractivity contribution in [2.75, 3.05) is 17.6 Å². The highest BCUT2D eigenvalue weighted by atomic mass is 32.2. The molecule has 2 N–H and O–H groups in total. The van der Waals surface area contributed by atoms with Gasteiger partial charge in [-0.15, -0.1) is 0 Å². The van der Waals surface area contributed by atoms with Crippen LogP contribution in [0.2, 0.25) is 0 Å². The predicted octanol–water partition coefficient (Wildman–Crippen LogP) is 2.47. The maximum atomic E-state index is 13.8. The van der Waals surface area contributed by atoms with E-state index >= 15 is 0 Å². The Morgan fingerprint density at radius 2 is 2.09 bits per heavy atom. The number of hydrogen-bond donors (Lipinski definition) is 2. The van der Waals surface area contributed by atoms with E-state index in [1.54, 1.807) is 0 Å². The summed E-state index contributed by atoms with van der Waals surface area (Å²) in [7, 11) is -2.33. The molecule has 1 saturated carbocycles. The smallest absolute Gasteiger partial charge is 0.335 e. The molecule has 8 heteroatoms. The van der Waals surface area contributed by atoms with Gasteiger partial charge >= 0.3 is 5.97 Å². The molecule has 0 aromatic heterocycles. The zero-order valence-corrected chi connectivity index (χ0v) is 13.6. The van der Waals surface area contributed by atoms with E-state index in [4.69, 9.17) is 9.84 Å². The van der Waals surface area contributed by atoms with Gasteiger partial charge in [0, 0.05) is 7.11 Å². The number of benzene rings is 1. The van der Waals surface area contributed by atoms with Crippen molar-refractivity contribution in [3.63, 3.8) is 0 Å². The van der Waals surface area contributed by atoms with Crippen LogP contribution in [0.15, 0.2) is 18.2 Å². The Balaban J connectivity index is 2.09. The minimum Gasteiger partial charge on any atom is -0.478 e. The summed E-state index contributed by atoms with van der Waals surface area (Å²) in [6, 6.07) is 3.03.